The van der Waals surface area contributed by atoms with Gasteiger partial charge in [0.05, 0.1) is 7.11 Å². The summed E-state index contributed by atoms with van der Waals surface area (Å²) in [6.07, 6.45) is 0. The van der Waals surface area contributed by atoms with Crippen LogP contribution in [0.25, 0.3) is 10.8 Å². The molecule has 0 N–H and O–H groups in total. The van der Waals surface area contributed by atoms with Crippen LogP contribution in [0.2, 0.25) is 0 Å². The van der Waals surface area contributed by atoms with Gasteiger partial charge in [-0.25, -0.2) is 0 Å². The van der Waals surface area contributed by atoms with Crippen LogP contribution in [0, 0.1) is 6.92 Å². The molecule has 3 rings (SSSR count). The van der Waals surface area contributed by atoms with Crippen LogP contribution in [0.1, 0.15) is 29.9 Å². The molecule has 0 bridgehead atoms. The van der Waals surface area contributed by atoms with Crippen molar-refractivity contribution in [2.75, 3.05) is 7.11 Å². The SMILES string of the molecule is COc1ccc2cc(C(C)c3ccc(C)o3)ccc2c1. The lowest BCUT2D eigenvalue weighted by molar-refractivity contribution is 0.415. The van der Waals surface area contributed by atoms with Crippen LogP contribution in [-0.2, 0) is 0 Å². The second-order valence-electron chi connectivity index (χ2n) is 5.14. The molecular formula is C18H18O2. The van der Waals surface area contributed by atoms with E-state index >= 15 is 0 Å². The van der Waals surface area contributed by atoms with Crippen molar-refractivity contribution in [1.82, 2.24) is 0 Å². The first-order valence-corrected chi connectivity index (χ1v) is 6.81. The van der Waals surface area contributed by atoms with Crippen LogP contribution < -0.4 is 4.74 Å². The van der Waals surface area contributed by atoms with Gasteiger partial charge in [-0.1, -0.05) is 31.2 Å². The van der Waals surface area contributed by atoms with Gasteiger partial charge in [-0.15, -0.1) is 0 Å². The first kappa shape index (κ1) is 12.8. The maximum absolute atomic E-state index is 5.73. The Hall–Kier alpha value is -2.22. The Balaban J connectivity index is 2.00. The lowest BCUT2D eigenvalue weighted by atomic mass is 9.96. The van der Waals surface area contributed by atoms with Gasteiger partial charge in [0.1, 0.15) is 17.3 Å². The predicted octanol–water partition coefficient (Wildman–Crippen LogP) is 4.90. The maximum Gasteiger partial charge on any atom is 0.119 e. The van der Waals surface area contributed by atoms with Crippen LogP contribution in [0.15, 0.2) is 52.9 Å². The molecule has 0 saturated heterocycles. The summed E-state index contributed by atoms with van der Waals surface area (Å²) in [4.78, 5) is 0. The van der Waals surface area contributed by atoms with Gasteiger partial charge in [-0.3, -0.25) is 0 Å². The Morgan fingerprint density at radius 3 is 2.40 bits per heavy atom. The summed E-state index contributed by atoms with van der Waals surface area (Å²) >= 11 is 0. The fraction of sp³-hybridized carbons (Fsp3) is 0.222. The number of fused-ring (bicyclic) bond motifs is 1. The standard InChI is InChI=1S/C18H18O2/c1-12-4-9-18(20-12)13(2)14-5-6-16-11-17(19-3)8-7-15(16)10-14/h4-11,13H,1-3H3. The molecule has 1 aromatic heterocycles. The molecule has 0 aliphatic rings. The number of aryl methyl sites for hydroxylation is 1. The van der Waals surface area contributed by atoms with Gasteiger partial charge >= 0.3 is 0 Å². The van der Waals surface area contributed by atoms with E-state index in [1.807, 2.05) is 19.1 Å². The van der Waals surface area contributed by atoms with Crippen LogP contribution in [-0.4, -0.2) is 7.11 Å². The molecule has 1 heterocycles. The molecule has 1 unspecified atom stereocenters. The third kappa shape index (κ3) is 2.29. The van der Waals surface area contributed by atoms with E-state index in [2.05, 4.69) is 43.3 Å². The average Bonchev–Trinajstić information content (AvgIpc) is 2.92. The normalized spacial score (nSPS) is 12.6. The highest BCUT2D eigenvalue weighted by Crippen LogP contribution is 2.29. The number of rotatable bonds is 3. The summed E-state index contributed by atoms with van der Waals surface area (Å²) in [5, 5.41) is 2.41. The zero-order valence-electron chi connectivity index (χ0n) is 12.0. The summed E-state index contributed by atoms with van der Waals surface area (Å²) in [7, 11) is 1.69. The number of ether oxygens (including phenoxy) is 1. The fourth-order valence-corrected chi connectivity index (χ4v) is 2.49. The molecule has 2 nitrogen and oxygen atoms in total. The molecule has 0 radical (unpaired) electrons. The van der Waals surface area contributed by atoms with Gasteiger partial charge in [0.15, 0.2) is 0 Å². The Bertz CT molecular complexity index is 740. The number of methoxy groups -OCH3 is 1. The second-order valence-corrected chi connectivity index (χ2v) is 5.14. The minimum absolute atomic E-state index is 0.259. The van der Waals surface area contributed by atoms with E-state index < -0.39 is 0 Å². The van der Waals surface area contributed by atoms with Crippen molar-refractivity contribution in [2.24, 2.45) is 0 Å². The zero-order valence-corrected chi connectivity index (χ0v) is 12.0. The van der Waals surface area contributed by atoms with Crippen molar-refractivity contribution in [3.8, 4) is 5.75 Å². The smallest absolute Gasteiger partial charge is 0.119 e. The summed E-state index contributed by atoms with van der Waals surface area (Å²) in [5.74, 6) is 3.11. The lowest BCUT2D eigenvalue weighted by Crippen LogP contribution is -1.94. The molecule has 3 aromatic rings. The quantitative estimate of drug-likeness (QED) is 0.672. The predicted molar refractivity (Wildman–Crippen MR) is 81.5 cm³/mol. The van der Waals surface area contributed by atoms with Crippen LogP contribution in [0.4, 0.5) is 0 Å². The van der Waals surface area contributed by atoms with Gasteiger partial charge in [-0.05, 0) is 47.5 Å². The lowest BCUT2D eigenvalue weighted by Gasteiger charge is -2.11. The van der Waals surface area contributed by atoms with E-state index in [0.717, 1.165) is 17.3 Å². The Kier molecular flexibility index (Phi) is 3.23. The third-order valence-electron chi connectivity index (χ3n) is 3.76. The highest BCUT2D eigenvalue weighted by molar-refractivity contribution is 5.84. The average molecular weight is 266 g/mol. The van der Waals surface area contributed by atoms with Crippen molar-refractivity contribution in [3.63, 3.8) is 0 Å². The molecular weight excluding hydrogens is 248 g/mol. The molecule has 0 fully saturated rings. The van der Waals surface area contributed by atoms with E-state index in [1.54, 1.807) is 7.11 Å². The molecule has 2 heteroatoms. The van der Waals surface area contributed by atoms with Crippen molar-refractivity contribution >= 4 is 10.8 Å². The maximum atomic E-state index is 5.73. The van der Waals surface area contributed by atoms with E-state index in [0.29, 0.717) is 0 Å². The van der Waals surface area contributed by atoms with Crippen LogP contribution in [0.5, 0.6) is 5.75 Å². The summed E-state index contributed by atoms with van der Waals surface area (Å²) in [5.41, 5.74) is 1.26. The summed E-state index contributed by atoms with van der Waals surface area (Å²) in [6.45, 7) is 4.14. The van der Waals surface area contributed by atoms with Crippen molar-refractivity contribution in [1.29, 1.82) is 0 Å². The largest absolute Gasteiger partial charge is 0.497 e. The molecule has 0 spiro atoms. The molecule has 102 valence electrons. The van der Waals surface area contributed by atoms with E-state index in [1.165, 1.54) is 16.3 Å². The number of benzene rings is 2. The van der Waals surface area contributed by atoms with Crippen molar-refractivity contribution < 1.29 is 9.15 Å². The van der Waals surface area contributed by atoms with Crippen molar-refractivity contribution in [2.45, 2.75) is 19.8 Å². The Labute approximate surface area is 119 Å². The van der Waals surface area contributed by atoms with Gasteiger partial charge in [0, 0.05) is 5.92 Å². The molecule has 1 atom stereocenters. The first-order valence-electron chi connectivity index (χ1n) is 6.81. The number of hydrogen-bond acceptors (Lipinski definition) is 2. The van der Waals surface area contributed by atoms with Gasteiger partial charge in [-0.2, -0.15) is 0 Å². The van der Waals surface area contributed by atoms with Crippen LogP contribution in [0.3, 0.4) is 0 Å². The van der Waals surface area contributed by atoms with E-state index in [9.17, 15) is 0 Å². The number of furan rings is 1. The molecule has 0 amide bonds. The van der Waals surface area contributed by atoms with Gasteiger partial charge < -0.3 is 9.15 Å². The number of hydrogen-bond donors (Lipinski definition) is 0. The Morgan fingerprint density at radius 2 is 1.70 bits per heavy atom. The highest BCUT2D eigenvalue weighted by atomic mass is 16.5. The highest BCUT2D eigenvalue weighted by Gasteiger charge is 2.12. The molecule has 0 aliphatic heterocycles. The second kappa shape index (κ2) is 5.04. The zero-order chi connectivity index (χ0) is 14.1. The van der Waals surface area contributed by atoms with Gasteiger partial charge in [0.25, 0.3) is 0 Å². The Morgan fingerprint density at radius 1 is 0.950 bits per heavy atom. The minimum atomic E-state index is 0.259. The third-order valence-corrected chi connectivity index (χ3v) is 3.76. The van der Waals surface area contributed by atoms with Gasteiger partial charge in [0.2, 0.25) is 0 Å². The topological polar surface area (TPSA) is 22.4 Å². The monoisotopic (exact) mass is 266 g/mol. The fourth-order valence-electron chi connectivity index (χ4n) is 2.49. The van der Waals surface area contributed by atoms with Crippen molar-refractivity contribution in [3.05, 3.63) is 65.6 Å². The molecule has 20 heavy (non-hydrogen) atoms. The molecule has 2 aromatic carbocycles. The first-order chi connectivity index (χ1) is 9.67. The van der Waals surface area contributed by atoms with E-state index in [-0.39, 0.29) is 5.92 Å². The van der Waals surface area contributed by atoms with Crippen LogP contribution >= 0.6 is 0 Å². The summed E-state index contributed by atoms with van der Waals surface area (Å²) < 4.78 is 11.0. The minimum Gasteiger partial charge on any atom is -0.497 e. The molecule has 0 saturated carbocycles. The van der Waals surface area contributed by atoms with E-state index in [4.69, 9.17) is 9.15 Å². The summed E-state index contributed by atoms with van der Waals surface area (Å²) in [6, 6.07) is 16.7. The molecule has 0 aliphatic carbocycles.